The van der Waals surface area contributed by atoms with Gasteiger partial charge in [0.1, 0.15) is 0 Å². The van der Waals surface area contributed by atoms with E-state index in [2.05, 4.69) is 9.97 Å². The molecule has 0 amide bonds. The lowest BCUT2D eigenvalue weighted by atomic mass is 10.3. The fourth-order valence-electron chi connectivity index (χ4n) is 0.938. The van der Waals surface area contributed by atoms with Crippen LogP contribution < -0.4 is 5.11 Å². The SMILES string of the molecule is [O-]c1cccc2[nH]cnc12. The number of aromatic nitrogens is 2. The Bertz CT molecular complexity index is 353. The summed E-state index contributed by atoms with van der Waals surface area (Å²) in [6, 6.07) is 5.04. The Morgan fingerprint density at radius 3 is 3.10 bits per heavy atom. The molecule has 1 N–H and O–H groups in total. The van der Waals surface area contributed by atoms with Gasteiger partial charge in [-0.2, -0.15) is 0 Å². The highest BCUT2D eigenvalue weighted by atomic mass is 16.3. The van der Waals surface area contributed by atoms with Crippen LogP contribution in [0, 0.1) is 0 Å². The fourth-order valence-corrected chi connectivity index (χ4v) is 0.938. The van der Waals surface area contributed by atoms with Crippen LogP contribution in [0.2, 0.25) is 0 Å². The number of rotatable bonds is 0. The Morgan fingerprint density at radius 2 is 2.30 bits per heavy atom. The molecule has 1 aromatic carbocycles. The zero-order valence-corrected chi connectivity index (χ0v) is 5.16. The van der Waals surface area contributed by atoms with Crippen molar-refractivity contribution in [1.29, 1.82) is 0 Å². The van der Waals surface area contributed by atoms with E-state index in [0.717, 1.165) is 5.52 Å². The molecule has 0 atom stereocenters. The maximum absolute atomic E-state index is 11.0. The third kappa shape index (κ3) is 0.572. The number of para-hydroxylation sites is 1. The molecular weight excluding hydrogens is 128 g/mol. The van der Waals surface area contributed by atoms with Crippen LogP contribution >= 0.6 is 0 Å². The van der Waals surface area contributed by atoms with Crippen molar-refractivity contribution in [3.8, 4) is 5.75 Å². The molecule has 10 heavy (non-hydrogen) atoms. The number of nitrogens with zero attached hydrogens (tertiary/aromatic N) is 1. The zero-order chi connectivity index (χ0) is 6.97. The van der Waals surface area contributed by atoms with Gasteiger partial charge in [-0.25, -0.2) is 4.98 Å². The number of imidazole rings is 1. The summed E-state index contributed by atoms with van der Waals surface area (Å²) in [4.78, 5) is 6.70. The minimum Gasteiger partial charge on any atom is -0.871 e. The van der Waals surface area contributed by atoms with Gasteiger partial charge in [0.15, 0.2) is 0 Å². The molecule has 0 aliphatic carbocycles. The summed E-state index contributed by atoms with van der Waals surface area (Å²) < 4.78 is 0. The molecule has 2 rings (SSSR count). The molecule has 0 aliphatic heterocycles. The summed E-state index contributed by atoms with van der Waals surface area (Å²) in [5, 5.41) is 11.0. The van der Waals surface area contributed by atoms with Crippen molar-refractivity contribution < 1.29 is 5.11 Å². The number of aromatic amines is 1. The molecule has 0 fully saturated rings. The summed E-state index contributed by atoms with van der Waals surface area (Å²) >= 11 is 0. The highest BCUT2D eigenvalue weighted by Gasteiger charge is 1.91. The third-order valence-corrected chi connectivity index (χ3v) is 1.41. The summed E-state index contributed by atoms with van der Waals surface area (Å²) in [6.45, 7) is 0. The molecule has 50 valence electrons. The van der Waals surface area contributed by atoms with Crippen LogP contribution in [0.1, 0.15) is 0 Å². The molecule has 0 radical (unpaired) electrons. The van der Waals surface area contributed by atoms with E-state index in [4.69, 9.17) is 0 Å². The average Bonchev–Trinajstić information content (AvgIpc) is 2.36. The minimum atomic E-state index is -0.0289. The number of H-pyrrole nitrogens is 1. The van der Waals surface area contributed by atoms with Crippen molar-refractivity contribution in [2.75, 3.05) is 0 Å². The summed E-state index contributed by atoms with van der Waals surface area (Å²) in [5.74, 6) is -0.0289. The van der Waals surface area contributed by atoms with Gasteiger partial charge in [-0.05, 0) is 6.07 Å². The first-order valence-electron chi connectivity index (χ1n) is 2.97. The van der Waals surface area contributed by atoms with Crippen molar-refractivity contribution in [3.63, 3.8) is 0 Å². The Hall–Kier alpha value is -1.51. The molecule has 0 unspecified atom stereocenters. The lowest BCUT2D eigenvalue weighted by molar-refractivity contribution is -0.266. The molecule has 0 saturated carbocycles. The van der Waals surface area contributed by atoms with E-state index in [1.165, 1.54) is 12.4 Å². The van der Waals surface area contributed by atoms with Crippen molar-refractivity contribution in [2.45, 2.75) is 0 Å². The third-order valence-electron chi connectivity index (χ3n) is 1.41. The monoisotopic (exact) mass is 133 g/mol. The molecule has 3 heteroatoms. The summed E-state index contributed by atoms with van der Waals surface area (Å²) in [5.41, 5.74) is 1.31. The predicted octanol–water partition coefficient (Wildman–Crippen LogP) is 0.636. The van der Waals surface area contributed by atoms with Gasteiger partial charge in [-0.15, -0.1) is 0 Å². The van der Waals surface area contributed by atoms with Crippen molar-refractivity contribution in [2.24, 2.45) is 0 Å². The predicted molar refractivity (Wildman–Crippen MR) is 35.5 cm³/mol. The zero-order valence-electron chi connectivity index (χ0n) is 5.16. The Kier molecular flexibility index (Phi) is 0.917. The molecule has 1 heterocycles. The van der Waals surface area contributed by atoms with Crippen molar-refractivity contribution >= 4 is 11.0 Å². The molecule has 0 bridgehead atoms. The minimum absolute atomic E-state index is 0.0289. The van der Waals surface area contributed by atoms with E-state index in [1.54, 1.807) is 6.07 Å². The van der Waals surface area contributed by atoms with Crippen LogP contribution in [-0.2, 0) is 0 Å². The fraction of sp³-hybridized carbons (Fsp3) is 0. The molecule has 0 spiro atoms. The summed E-state index contributed by atoms with van der Waals surface area (Å²) in [6.07, 6.45) is 1.52. The normalized spacial score (nSPS) is 10.4. The Labute approximate surface area is 57.3 Å². The van der Waals surface area contributed by atoms with E-state index in [9.17, 15) is 5.11 Å². The Morgan fingerprint density at radius 1 is 1.40 bits per heavy atom. The first-order valence-corrected chi connectivity index (χ1v) is 2.97. The molecule has 0 saturated heterocycles. The lowest BCUT2D eigenvalue weighted by Gasteiger charge is -2.02. The second-order valence-electron chi connectivity index (χ2n) is 2.05. The van der Waals surface area contributed by atoms with E-state index in [1.807, 2.05) is 6.07 Å². The van der Waals surface area contributed by atoms with Crippen LogP contribution in [0.25, 0.3) is 11.0 Å². The van der Waals surface area contributed by atoms with Crippen LogP contribution in [0.4, 0.5) is 0 Å². The summed E-state index contributed by atoms with van der Waals surface area (Å²) in [7, 11) is 0. The largest absolute Gasteiger partial charge is 0.871 e. The van der Waals surface area contributed by atoms with Gasteiger partial charge >= 0.3 is 0 Å². The van der Waals surface area contributed by atoms with Gasteiger partial charge in [0, 0.05) is 0 Å². The topological polar surface area (TPSA) is 51.7 Å². The van der Waals surface area contributed by atoms with Gasteiger partial charge in [0.2, 0.25) is 0 Å². The van der Waals surface area contributed by atoms with Crippen molar-refractivity contribution in [1.82, 2.24) is 9.97 Å². The second-order valence-corrected chi connectivity index (χ2v) is 2.05. The maximum Gasteiger partial charge on any atom is 0.0931 e. The van der Waals surface area contributed by atoms with Crippen LogP contribution in [-0.4, -0.2) is 9.97 Å². The van der Waals surface area contributed by atoms with Crippen LogP contribution in [0.5, 0.6) is 5.75 Å². The molecule has 2 aromatic rings. The van der Waals surface area contributed by atoms with Gasteiger partial charge < -0.3 is 10.1 Å². The van der Waals surface area contributed by atoms with Gasteiger partial charge in [-0.3, -0.25) is 0 Å². The van der Waals surface area contributed by atoms with Gasteiger partial charge in [0.05, 0.1) is 17.4 Å². The molecular formula is C7H5N2O-. The highest BCUT2D eigenvalue weighted by Crippen LogP contribution is 2.16. The van der Waals surface area contributed by atoms with Crippen LogP contribution in [0.15, 0.2) is 24.5 Å². The lowest BCUT2D eigenvalue weighted by Crippen LogP contribution is -1.89. The first-order chi connectivity index (χ1) is 4.88. The van der Waals surface area contributed by atoms with E-state index >= 15 is 0 Å². The van der Waals surface area contributed by atoms with Gasteiger partial charge in [-0.1, -0.05) is 17.9 Å². The molecule has 0 aliphatic rings. The number of fused-ring (bicyclic) bond motifs is 1. The van der Waals surface area contributed by atoms with Gasteiger partial charge in [0.25, 0.3) is 0 Å². The smallest absolute Gasteiger partial charge is 0.0931 e. The highest BCUT2D eigenvalue weighted by molar-refractivity contribution is 5.80. The average molecular weight is 133 g/mol. The quantitative estimate of drug-likeness (QED) is 0.573. The number of benzene rings is 1. The van der Waals surface area contributed by atoms with E-state index in [-0.39, 0.29) is 5.75 Å². The maximum atomic E-state index is 11.0. The second kappa shape index (κ2) is 1.73. The Balaban J connectivity index is 2.95. The number of hydrogen-bond acceptors (Lipinski definition) is 2. The number of hydrogen-bond donors (Lipinski definition) is 1. The van der Waals surface area contributed by atoms with E-state index < -0.39 is 0 Å². The molecule has 1 aromatic heterocycles. The molecule has 3 nitrogen and oxygen atoms in total. The van der Waals surface area contributed by atoms with Crippen LogP contribution in [0.3, 0.4) is 0 Å². The standard InChI is InChI=1S/C7H6N2O/c10-6-3-1-2-5-7(6)9-4-8-5/h1-4,10H,(H,8,9)/p-1. The van der Waals surface area contributed by atoms with Crippen molar-refractivity contribution in [3.05, 3.63) is 24.5 Å². The first kappa shape index (κ1) is 5.29. The van der Waals surface area contributed by atoms with E-state index in [0.29, 0.717) is 5.52 Å². The number of nitrogens with one attached hydrogen (secondary N) is 1.